The summed E-state index contributed by atoms with van der Waals surface area (Å²) in [4.78, 5) is 25.5. The summed E-state index contributed by atoms with van der Waals surface area (Å²) in [6.07, 6.45) is 1.20. The van der Waals surface area contributed by atoms with E-state index >= 15 is 0 Å². The van der Waals surface area contributed by atoms with E-state index in [1.54, 1.807) is 19.2 Å². The normalized spacial score (nSPS) is 21.4. The number of carbonyl (C=O) groups is 2. The van der Waals surface area contributed by atoms with Crippen molar-refractivity contribution in [1.82, 2.24) is 5.32 Å². The largest absolute Gasteiger partial charge is 0.504 e. The highest BCUT2D eigenvalue weighted by Gasteiger charge is 2.38. The zero-order chi connectivity index (χ0) is 20.5. The number of methoxy groups -OCH3 is 2. The van der Waals surface area contributed by atoms with Crippen LogP contribution in [0.1, 0.15) is 42.2 Å². The van der Waals surface area contributed by atoms with Crippen molar-refractivity contribution in [3.63, 3.8) is 0 Å². The Labute approximate surface area is 169 Å². The number of nitrogens with one attached hydrogen (secondary N) is 1. The van der Waals surface area contributed by atoms with Gasteiger partial charge >= 0.3 is 0 Å². The molecular formula is C23H23NO5. The molecule has 0 saturated heterocycles. The smallest absolute Gasteiger partial charge is 0.225 e. The van der Waals surface area contributed by atoms with Crippen molar-refractivity contribution in [3.8, 4) is 17.2 Å². The van der Waals surface area contributed by atoms with Gasteiger partial charge in [0, 0.05) is 30.0 Å². The van der Waals surface area contributed by atoms with Crippen LogP contribution in [0, 0.1) is 0 Å². The predicted octanol–water partition coefficient (Wildman–Crippen LogP) is 3.41. The minimum absolute atomic E-state index is 0.0144. The number of phenols is 1. The third-order valence-corrected chi connectivity index (χ3v) is 5.73. The van der Waals surface area contributed by atoms with Crippen LogP contribution in [0.4, 0.5) is 0 Å². The van der Waals surface area contributed by atoms with Crippen LogP contribution >= 0.6 is 0 Å². The molecule has 0 spiro atoms. The maximum atomic E-state index is 13.1. The molecule has 6 heteroatoms. The number of amides is 1. The number of ketones is 1. The van der Waals surface area contributed by atoms with Crippen LogP contribution in [-0.4, -0.2) is 31.0 Å². The van der Waals surface area contributed by atoms with Gasteiger partial charge in [-0.25, -0.2) is 0 Å². The first-order valence-corrected chi connectivity index (χ1v) is 9.57. The van der Waals surface area contributed by atoms with Crippen LogP contribution in [-0.2, 0) is 9.59 Å². The van der Waals surface area contributed by atoms with Crippen LogP contribution in [0.5, 0.6) is 17.2 Å². The number of phenolic OH excluding ortho intramolecular Hbond substituents is 1. The van der Waals surface area contributed by atoms with Crippen molar-refractivity contribution in [2.45, 2.75) is 31.1 Å². The summed E-state index contributed by atoms with van der Waals surface area (Å²) in [6, 6.07) is 12.7. The number of hydrogen-bond donors (Lipinski definition) is 2. The summed E-state index contributed by atoms with van der Waals surface area (Å²) in [5, 5.41) is 12.8. The molecule has 2 aromatic rings. The summed E-state index contributed by atoms with van der Waals surface area (Å²) in [7, 11) is 3.09. The molecule has 1 amide bonds. The van der Waals surface area contributed by atoms with Gasteiger partial charge in [-0.3, -0.25) is 9.59 Å². The first-order valence-electron chi connectivity index (χ1n) is 9.57. The fourth-order valence-corrected chi connectivity index (χ4v) is 4.27. The molecule has 1 aliphatic carbocycles. The number of benzene rings is 2. The van der Waals surface area contributed by atoms with E-state index in [4.69, 9.17) is 9.47 Å². The lowest BCUT2D eigenvalue weighted by atomic mass is 9.73. The molecule has 2 atom stereocenters. The van der Waals surface area contributed by atoms with Gasteiger partial charge in [-0.05, 0) is 47.7 Å². The van der Waals surface area contributed by atoms with Crippen molar-refractivity contribution < 1.29 is 24.2 Å². The molecule has 0 fully saturated rings. The number of carbonyl (C=O) groups excluding carboxylic acids is 2. The molecule has 4 rings (SSSR count). The Hall–Kier alpha value is -3.28. The van der Waals surface area contributed by atoms with Crippen LogP contribution in [0.3, 0.4) is 0 Å². The van der Waals surface area contributed by atoms with Crippen LogP contribution in [0.15, 0.2) is 53.7 Å². The first-order chi connectivity index (χ1) is 14.0. The summed E-state index contributed by atoms with van der Waals surface area (Å²) in [6.45, 7) is 0. The van der Waals surface area contributed by atoms with Gasteiger partial charge in [0.15, 0.2) is 17.3 Å². The lowest BCUT2D eigenvalue weighted by Crippen LogP contribution is -2.38. The Morgan fingerprint density at radius 1 is 0.931 bits per heavy atom. The zero-order valence-electron chi connectivity index (χ0n) is 16.4. The van der Waals surface area contributed by atoms with Gasteiger partial charge < -0.3 is 19.9 Å². The number of hydrogen-bond acceptors (Lipinski definition) is 5. The summed E-state index contributed by atoms with van der Waals surface area (Å²) < 4.78 is 10.4. The lowest BCUT2D eigenvalue weighted by molar-refractivity contribution is -0.122. The van der Waals surface area contributed by atoms with E-state index in [2.05, 4.69) is 5.32 Å². The van der Waals surface area contributed by atoms with Crippen molar-refractivity contribution in [2.75, 3.05) is 14.2 Å². The number of allylic oxidation sites excluding steroid dienone is 2. The second-order valence-electron chi connectivity index (χ2n) is 7.43. The average molecular weight is 393 g/mol. The standard InChI is InChI=1S/C23H23NO5/c1-28-16-6-3-13(4-7-16)15-9-18-23(20(26)10-15)17(12-22(27)24-18)14-5-8-19(25)21(11-14)29-2/h3-8,11,15,17,25H,9-10,12H2,1-2H3,(H,24,27)/t15-,17+/m0/s1. The molecule has 2 aromatic carbocycles. The Bertz CT molecular complexity index is 993. The van der Waals surface area contributed by atoms with Gasteiger partial charge in [0.2, 0.25) is 5.91 Å². The van der Waals surface area contributed by atoms with Gasteiger partial charge in [0.25, 0.3) is 0 Å². The van der Waals surface area contributed by atoms with Crippen molar-refractivity contribution in [3.05, 3.63) is 64.9 Å². The van der Waals surface area contributed by atoms with Crippen LogP contribution in [0.25, 0.3) is 0 Å². The molecule has 2 N–H and O–H groups in total. The molecule has 1 aliphatic heterocycles. The Morgan fingerprint density at radius 3 is 2.34 bits per heavy atom. The van der Waals surface area contributed by atoms with E-state index in [9.17, 15) is 14.7 Å². The van der Waals surface area contributed by atoms with Gasteiger partial charge in [-0.2, -0.15) is 0 Å². The average Bonchev–Trinajstić information content (AvgIpc) is 2.73. The number of ether oxygens (including phenoxy) is 2. The Morgan fingerprint density at radius 2 is 1.66 bits per heavy atom. The molecule has 29 heavy (non-hydrogen) atoms. The van der Waals surface area contributed by atoms with Gasteiger partial charge in [-0.15, -0.1) is 0 Å². The number of rotatable bonds is 4. The molecule has 0 unspecified atom stereocenters. The van der Waals surface area contributed by atoms with Crippen molar-refractivity contribution >= 4 is 11.7 Å². The lowest BCUT2D eigenvalue weighted by Gasteiger charge is -2.34. The van der Waals surface area contributed by atoms with E-state index in [0.717, 1.165) is 16.9 Å². The predicted molar refractivity (Wildman–Crippen MR) is 107 cm³/mol. The topological polar surface area (TPSA) is 84.9 Å². The molecule has 0 radical (unpaired) electrons. The second-order valence-corrected chi connectivity index (χ2v) is 7.43. The molecule has 0 bridgehead atoms. The highest BCUT2D eigenvalue weighted by atomic mass is 16.5. The minimum atomic E-state index is -0.336. The Balaban J connectivity index is 1.69. The minimum Gasteiger partial charge on any atom is -0.504 e. The van der Waals surface area contributed by atoms with Crippen molar-refractivity contribution in [2.24, 2.45) is 0 Å². The Kier molecular flexibility index (Phi) is 5.01. The molecule has 2 aliphatic rings. The van der Waals surface area contributed by atoms with Crippen molar-refractivity contribution in [1.29, 1.82) is 0 Å². The first kappa shape index (κ1) is 19.1. The maximum absolute atomic E-state index is 13.1. The monoisotopic (exact) mass is 393 g/mol. The highest BCUT2D eigenvalue weighted by molar-refractivity contribution is 6.02. The third kappa shape index (κ3) is 3.58. The summed E-state index contributed by atoms with van der Waals surface area (Å²) in [5.74, 6) is 0.740. The maximum Gasteiger partial charge on any atom is 0.225 e. The zero-order valence-corrected chi connectivity index (χ0v) is 16.4. The molecule has 0 saturated carbocycles. The van der Waals surface area contributed by atoms with Crippen LogP contribution in [0.2, 0.25) is 0 Å². The molecule has 1 heterocycles. The van der Waals surface area contributed by atoms with E-state index < -0.39 is 0 Å². The van der Waals surface area contributed by atoms with Crippen LogP contribution < -0.4 is 14.8 Å². The van der Waals surface area contributed by atoms with E-state index in [1.807, 2.05) is 24.3 Å². The fourth-order valence-electron chi connectivity index (χ4n) is 4.27. The third-order valence-electron chi connectivity index (χ3n) is 5.73. The second kappa shape index (κ2) is 7.62. The molecule has 0 aromatic heterocycles. The van der Waals surface area contributed by atoms with E-state index in [0.29, 0.717) is 29.9 Å². The quantitative estimate of drug-likeness (QED) is 0.832. The van der Waals surface area contributed by atoms with Gasteiger partial charge in [0.05, 0.1) is 14.2 Å². The highest BCUT2D eigenvalue weighted by Crippen LogP contribution is 2.44. The summed E-state index contributed by atoms with van der Waals surface area (Å²) in [5.41, 5.74) is 3.21. The SMILES string of the molecule is COc1ccc([C@@H]2CC(=O)C3=C(C2)NC(=O)C[C@@H]3c2ccc(O)c(OC)c2)cc1. The van der Waals surface area contributed by atoms with E-state index in [-0.39, 0.29) is 35.7 Å². The summed E-state index contributed by atoms with van der Waals surface area (Å²) >= 11 is 0. The van der Waals surface area contributed by atoms with E-state index in [1.165, 1.54) is 13.2 Å². The number of Topliss-reactive ketones (excluding diaryl/α,β-unsaturated/α-hetero) is 1. The number of aromatic hydroxyl groups is 1. The molecule has 150 valence electrons. The van der Waals surface area contributed by atoms with Gasteiger partial charge in [-0.1, -0.05) is 18.2 Å². The van der Waals surface area contributed by atoms with Gasteiger partial charge in [0.1, 0.15) is 5.75 Å². The molecule has 6 nitrogen and oxygen atoms in total. The fraction of sp³-hybridized carbons (Fsp3) is 0.304. The molecular weight excluding hydrogens is 370 g/mol.